The largest absolute Gasteiger partial charge is 0.481 e. The molecule has 3 N–H and O–H groups in total. The number of aliphatic carboxylic acids is 1. The minimum atomic E-state index is -0.993. The number of hydrogen-bond acceptors (Lipinski definition) is 5. The lowest BCUT2D eigenvalue weighted by atomic mass is 10.0. The van der Waals surface area contributed by atoms with Gasteiger partial charge in [0.15, 0.2) is 5.17 Å². The van der Waals surface area contributed by atoms with Gasteiger partial charge in [-0.1, -0.05) is 49.9 Å². The van der Waals surface area contributed by atoms with Gasteiger partial charge in [-0.25, -0.2) is 0 Å². The van der Waals surface area contributed by atoms with Crippen molar-refractivity contribution in [3.8, 4) is 0 Å². The van der Waals surface area contributed by atoms with Gasteiger partial charge in [-0.2, -0.15) is 5.10 Å². The molecular formula is C15H19N3O3S. The Kier molecular flexibility index (Phi) is 5.43. The van der Waals surface area contributed by atoms with Gasteiger partial charge in [-0.3, -0.25) is 9.59 Å². The van der Waals surface area contributed by atoms with E-state index in [1.165, 1.54) is 5.56 Å². The van der Waals surface area contributed by atoms with Crippen molar-refractivity contribution < 1.29 is 14.7 Å². The third kappa shape index (κ3) is 4.49. The van der Waals surface area contributed by atoms with Gasteiger partial charge in [0.25, 0.3) is 0 Å². The Bertz CT molecular complexity index is 584. The Morgan fingerprint density at radius 3 is 2.68 bits per heavy atom. The Morgan fingerprint density at radius 2 is 2.09 bits per heavy atom. The monoisotopic (exact) mass is 321 g/mol. The molecule has 1 fully saturated rings. The van der Waals surface area contributed by atoms with Gasteiger partial charge in [0.1, 0.15) is 5.25 Å². The SMILES string of the molecule is CC(C)c1ccc(CN/N=C2/NC(=O)C(CC(=O)O)S2)cc1. The van der Waals surface area contributed by atoms with Crippen LogP contribution in [0.15, 0.2) is 29.4 Å². The van der Waals surface area contributed by atoms with Crippen molar-refractivity contribution >= 4 is 28.8 Å². The van der Waals surface area contributed by atoms with Gasteiger partial charge in [0.2, 0.25) is 5.91 Å². The summed E-state index contributed by atoms with van der Waals surface area (Å²) in [5.74, 6) is -0.806. The highest BCUT2D eigenvalue weighted by molar-refractivity contribution is 8.15. The smallest absolute Gasteiger partial charge is 0.305 e. The minimum Gasteiger partial charge on any atom is -0.481 e. The summed E-state index contributed by atoms with van der Waals surface area (Å²) in [5, 5.41) is 15.2. The molecule has 1 aromatic carbocycles. The van der Waals surface area contributed by atoms with Crippen molar-refractivity contribution in [2.45, 2.75) is 38.0 Å². The topological polar surface area (TPSA) is 90.8 Å². The van der Waals surface area contributed by atoms with Crippen LogP contribution in [0.1, 0.15) is 37.3 Å². The van der Waals surface area contributed by atoms with E-state index in [1.54, 1.807) is 0 Å². The molecule has 7 heteroatoms. The van der Waals surface area contributed by atoms with Crippen molar-refractivity contribution in [1.29, 1.82) is 0 Å². The van der Waals surface area contributed by atoms with Crippen LogP contribution in [0.5, 0.6) is 0 Å². The normalized spacial score (nSPS) is 19.5. The molecule has 2 rings (SSSR count). The first-order valence-corrected chi connectivity index (χ1v) is 7.92. The number of amides is 1. The molecule has 1 heterocycles. The molecule has 6 nitrogen and oxygen atoms in total. The highest BCUT2D eigenvalue weighted by Gasteiger charge is 2.32. The van der Waals surface area contributed by atoms with Crippen LogP contribution < -0.4 is 10.7 Å². The second kappa shape index (κ2) is 7.31. The Balaban J connectivity index is 1.85. The number of hydrogen-bond donors (Lipinski definition) is 3. The third-order valence-electron chi connectivity index (χ3n) is 3.25. The lowest BCUT2D eigenvalue weighted by molar-refractivity contribution is -0.138. The highest BCUT2D eigenvalue weighted by atomic mass is 32.2. The zero-order valence-electron chi connectivity index (χ0n) is 12.5. The summed E-state index contributed by atoms with van der Waals surface area (Å²) in [6, 6.07) is 8.25. The first-order valence-electron chi connectivity index (χ1n) is 7.04. The van der Waals surface area contributed by atoms with Crippen molar-refractivity contribution in [3.63, 3.8) is 0 Å². The number of carboxylic acid groups (broad SMARTS) is 1. The fraction of sp³-hybridized carbons (Fsp3) is 0.400. The molecule has 0 saturated carbocycles. The third-order valence-corrected chi connectivity index (χ3v) is 4.33. The van der Waals surface area contributed by atoms with Crippen molar-refractivity contribution in [1.82, 2.24) is 10.7 Å². The molecule has 1 aromatic rings. The van der Waals surface area contributed by atoms with E-state index in [4.69, 9.17) is 5.11 Å². The van der Waals surface area contributed by atoms with E-state index in [-0.39, 0.29) is 12.3 Å². The maximum absolute atomic E-state index is 11.6. The van der Waals surface area contributed by atoms with Crippen LogP contribution in [0.25, 0.3) is 0 Å². The molecule has 1 aliphatic heterocycles. The summed E-state index contributed by atoms with van der Waals surface area (Å²) in [7, 11) is 0. The lowest BCUT2D eigenvalue weighted by Gasteiger charge is -2.07. The van der Waals surface area contributed by atoms with E-state index in [1.807, 2.05) is 12.1 Å². The van der Waals surface area contributed by atoms with Crippen LogP contribution in [0.2, 0.25) is 0 Å². The zero-order chi connectivity index (χ0) is 16.1. The molecule has 1 saturated heterocycles. The van der Waals surface area contributed by atoms with Gasteiger partial charge in [-0.05, 0) is 17.0 Å². The Hall–Kier alpha value is -2.02. The van der Waals surface area contributed by atoms with Gasteiger partial charge in [0, 0.05) is 0 Å². The van der Waals surface area contributed by atoms with Crippen LogP contribution >= 0.6 is 11.8 Å². The van der Waals surface area contributed by atoms with Gasteiger partial charge < -0.3 is 15.8 Å². The number of carbonyl (C=O) groups is 2. The number of nitrogens with zero attached hydrogens (tertiary/aromatic N) is 1. The van der Waals surface area contributed by atoms with E-state index in [2.05, 4.69) is 41.8 Å². The van der Waals surface area contributed by atoms with E-state index in [9.17, 15) is 9.59 Å². The van der Waals surface area contributed by atoms with Crippen molar-refractivity contribution in [2.75, 3.05) is 0 Å². The number of carbonyl (C=O) groups excluding carboxylic acids is 1. The summed E-state index contributed by atoms with van der Waals surface area (Å²) in [6.07, 6.45) is -0.202. The Labute approximate surface area is 133 Å². The molecule has 1 unspecified atom stereocenters. The fourth-order valence-electron chi connectivity index (χ4n) is 1.97. The second-order valence-electron chi connectivity index (χ2n) is 5.34. The van der Waals surface area contributed by atoms with E-state index < -0.39 is 11.2 Å². The molecule has 1 aliphatic rings. The zero-order valence-corrected chi connectivity index (χ0v) is 13.3. The quantitative estimate of drug-likeness (QED) is 0.696. The molecule has 22 heavy (non-hydrogen) atoms. The predicted molar refractivity (Wildman–Crippen MR) is 86.6 cm³/mol. The number of amidine groups is 1. The molecule has 0 bridgehead atoms. The molecule has 0 spiro atoms. The number of benzene rings is 1. The van der Waals surface area contributed by atoms with Gasteiger partial charge >= 0.3 is 5.97 Å². The number of carboxylic acids is 1. The van der Waals surface area contributed by atoms with E-state index in [0.29, 0.717) is 17.6 Å². The summed E-state index contributed by atoms with van der Waals surface area (Å²) >= 11 is 1.13. The van der Waals surface area contributed by atoms with Crippen LogP contribution in [0.3, 0.4) is 0 Å². The summed E-state index contributed by atoms with van der Waals surface area (Å²) in [6.45, 7) is 4.83. The van der Waals surface area contributed by atoms with Crippen LogP contribution in [-0.4, -0.2) is 27.4 Å². The molecular weight excluding hydrogens is 302 g/mol. The highest BCUT2D eigenvalue weighted by Crippen LogP contribution is 2.22. The van der Waals surface area contributed by atoms with Gasteiger partial charge in [-0.15, -0.1) is 0 Å². The molecule has 1 atom stereocenters. The summed E-state index contributed by atoms with van der Waals surface area (Å²) in [4.78, 5) is 22.2. The molecule has 0 aliphatic carbocycles. The van der Waals surface area contributed by atoms with Crippen LogP contribution in [0.4, 0.5) is 0 Å². The first-order chi connectivity index (χ1) is 10.5. The summed E-state index contributed by atoms with van der Waals surface area (Å²) in [5.41, 5.74) is 5.26. The summed E-state index contributed by atoms with van der Waals surface area (Å²) < 4.78 is 0. The molecule has 118 valence electrons. The lowest BCUT2D eigenvalue weighted by Crippen LogP contribution is -2.27. The first kappa shape index (κ1) is 16.4. The number of hydrazone groups is 1. The minimum absolute atomic E-state index is 0.202. The average Bonchev–Trinajstić information content (AvgIpc) is 2.79. The van der Waals surface area contributed by atoms with Crippen molar-refractivity contribution in [3.05, 3.63) is 35.4 Å². The van der Waals surface area contributed by atoms with Crippen LogP contribution in [0, 0.1) is 0 Å². The molecule has 1 amide bonds. The van der Waals surface area contributed by atoms with E-state index >= 15 is 0 Å². The average molecular weight is 321 g/mol. The van der Waals surface area contributed by atoms with Crippen molar-refractivity contribution in [2.24, 2.45) is 5.10 Å². The molecule has 0 radical (unpaired) electrons. The maximum Gasteiger partial charge on any atom is 0.305 e. The predicted octanol–water partition coefficient (Wildman–Crippen LogP) is 1.88. The standard InChI is InChI=1S/C15H19N3O3S/c1-9(2)11-5-3-10(4-6-11)8-16-18-15-17-14(21)12(22-15)7-13(19)20/h3-6,9,12,16H,7-8H2,1-2H3,(H,19,20)(H,17,18,21). The maximum atomic E-state index is 11.6. The fourth-order valence-corrected chi connectivity index (χ4v) is 2.91. The van der Waals surface area contributed by atoms with E-state index in [0.717, 1.165) is 17.3 Å². The Morgan fingerprint density at radius 1 is 1.41 bits per heavy atom. The van der Waals surface area contributed by atoms with Gasteiger partial charge in [0.05, 0.1) is 13.0 Å². The second-order valence-corrected chi connectivity index (χ2v) is 6.53. The van der Waals surface area contributed by atoms with Crippen LogP contribution in [-0.2, 0) is 16.1 Å². The number of nitrogens with one attached hydrogen (secondary N) is 2. The number of rotatable bonds is 6. The number of thioether (sulfide) groups is 1. The molecule has 0 aromatic heterocycles.